The lowest BCUT2D eigenvalue weighted by Gasteiger charge is -2.14. The smallest absolute Gasteiger partial charge is 0.431 e. The molecule has 1 aromatic carbocycles. The molecule has 0 aliphatic heterocycles. The summed E-state index contributed by atoms with van der Waals surface area (Å²) in [7, 11) is 2.65. The maximum atomic E-state index is 12.9. The molecule has 108 valence electrons. The summed E-state index contributed by atoms with van der Waals surface area (Å²) in [6, 6.07) is 2.91. The van der Waals surface area contributed by atoms with Crippen LogP contribution in [0.4, 0.5) is 13.2 Å². The number of nitrogens with one attached hydrogen (secondary N) is 1. The van der Waals surface area contributed by atoms with Gasteiger partial charge in [-0.05, 0) is 19.1 Å². The fourth-order valence-electron chi connectivity index (χ4n) is 2.06. The molecule has 4 nitrogen and oxygen atoms in total. The average Bonchev–Trinajstić information content (AvgIpc) is 2.39. The van der Waals surface area contributed by atoms with Gasteiger partial charge in [-0.1, -0.05) is 0 Å². The minimum absolute atomic E-state index is 0.0326. The lowest BCUT2D eigenvalue weighted by atomic mass is 10.1. The van der Waals surface area contributed by atoms with Gasteiger partial charge in [-0.2, -0.15) is 13.2 Å². The van der Waals surface area contributed by atoms with Crippen LogP contribution in [-0.2, 0) is 6.18 Å². The Kier molecular flexibility index (Phi) is 3.37. The fourth-order valence-corrected chi connectivity index (χ4v) is 2.06. The highest BCUT2D eigenvalue weighted by Crippen LogP contribution is 2.35. The standard InChI is InChI=1S/C13H12F3NO3/c1-6-11(18)9-7(19-2)4-5-8(20-3)10(9)17-12(6)13(14,15)16/h4-5H,1-3H3,(H,17,18). The van der Waals surface area contributed by atoms with Crippen LogP contribution in [-0.4, -0.2) is 19.2 Å². The summed E-state index contributed by atoms with van der Waals surface area (Å²) in [6.45, 7) is 1.13. The monoisotopic (exact) mass is 287 g/mol. The van der Waals surface area contributed by atoms with Crippen molar-refractivity contribution in [3.63, 3.8) is 0 Å². The number of rotatable bonds is 2. The van der Waals surface area contributed by atoms with Crippen LogP contribution in [0.25, 0.3) is 10.9 Å². The average molecular weight is 287 g/mol. The van der Waals surface area contributed by atoms with Gasteiger partial charge in [0.15, 0.2) is 5.43 Å². The number of aromatic nitrogens is 1. The van der Waals surface area contributed by atoms with Gasteiger partial charge in [-0.3, -0.25) is 4.79 Å². The number of pyridine rings is 1. The van der Waals surface area contributed by atoms with E-state index >= 15 is 0 Å². The number of ether oxygens (including phenoxy) is 2. The van der Waals surface area contributed by atoms with E-state index in [1.807, 2.05) is 0 Å². The quantitative estimate of drug-likeness (QED) is 0.924. The minimum atomic E-state index is -4.65. The van der Waals surface area contributed by atoms with E-state index < -0.39 is 22.9 Å². The topological polar surface area (TPSA) is 51.3 Å². The number of alkyl halides is 3. The number of benzene rings is 1. The zero-order valence-corrected chi connectivity index (χ0v) is 11.0. The summed E-state index contributed by atoms with van der Waals surface area (Å²) in [6.07, 6.45) is -4.65. The Balaban J connectivity index is 3.00. The van der Waals surface area contributed by atoms with Gasteiger partial charge in [-0.15, -0.1) is 0 Å². The first-order chi connectivity index (χ1) is 9.31. The van der Waals surface area contributed by atoms with Crippen LogP contribution < -0.4 is 14.9 Å². The molecule has 1 aromatic heterocycles. The summed E-state index contributed by atoms with van der Waals surface area (Å²) in [5, 5.41) is 0.0392. The van der Waals surface area contributed by atoms with E-state index in [4.69, 9.17) is 9.47 Å². The van der Waals surface area contributed by atoms with E-state index in [-0.39, 0.29) is 22.4 Å². The molecule has 1 N–H and O–H groups in total. The summed E-state index contributed by atoms with van der Waals surface area (Å²) in [4.78, 5) is 14.4. The van der Waals surface area contributed by atoms with Crippen molar-refractivity contribution in [1.29, 1.82) is 0 Å². The third kappa shape index (κ3) is 2.09. The van der Waals surface area contributed by atoms with Gasteiger partial charge in [0.2, 0.25) is 0 Å². The fraction of sp³-hybridized carbons (Fsp3) is 0.308. The van der Waals surface area contributed by atoms with Crippen molar-refractivity contribution in [2.75, 3.05) is 14.2 Å². The molecule has 7 heteroatoms. The lowest BCUT2D eigenvalue weighted by Crippen LogP contribution is -2.19. The van der Waals surface area contributed by atoms with Crippen molar-refractivity contribution in [3.8, 4) is 11.5 Å². The Morgan fingerprint density at radius 1 is 1.10 bits per heavy atom. The molecule has 2 rings (SSSR count). The Morgan fingerprint density at radius 2 is 1.65 bits per heavy atom. The number of hydrogen-bond acceptors (Lipinski definition) is 3. The van der Waals surface area contributed by atoms with Crippen molar-refractivity contribution in [3.05, 3.63) is 33.6 Å². The highest BCUT2D eigenvalue weighted by Gasteiger charge is 2.35. The molecule has 0 aliphatic carbocycles. The highest BCUT2D eigenvalue weighted by atomic mass is 19.4. The number of aromatic amines is 1. The van der Waals surface area contributed by atoms with Crippen molar-refractivity contribution in [2.45, 2.75) is 13.1 Å². The number of fused-ring (bicyclic) bond motifs is 1. The Hall–Kier alpha value is -2.18. The Bertz CT molecular complexity index is 719. The molecule has 2 aromatic rings. The third-order valence-electron chi connectivity index (χ3n) is 3.04. The van der Waals surface area contributed by atoms with Gasteiger partial charge in [0.05, 0.1) is 25.1 Å². The van der Waals surface area contributed by atoms with Crippen LogP contribution in [0, 0.1) is 6.92 Å². The van der Waals surface area contributed by atoms with Gasteiger partial charge in [-0.25, -0.2) is 0 Å². The Morgan fingerprint density at radius 3 is 2.15 bits per heavy atom. The number of hydrogen-bond donors (Lipinski definition) is 1. The number of methoxy groups -OCH3 is 2. The minimum Gasteiger partial charge on any atom is -0.496 e. The molecule has 0 fully saturated rings. The van der Waals surface area contributed by atoms with Gasteiger partial charge < -0.3 is 14.5 Å². The molecule has 0 atom stereocenters. The first kappa shape index (κ1) is 14.2. The third-order valence-corrected chi connectivity index (χ3v) is 3.04. The van der Waals surface area contributed by atoms with Crippen LogP contribution in [0.3, 0.4) is 0 Å². The first-order valence-corrected chi connectivity index (χ1v) is 5.66. The van der Waals surface area contributed by atoms with Gasteiger partial charge in [0.1, 0.15) is 17.2 Å². The van der Waals surface area contributed by atoms with E-state index in [1.165, 1.54) is 26.4 Å². The molecule has 0 amide bonds. The summed E-state index contributed by atoms with van der Waals surface area (Å²) in [5.74, 6) is 0.335. The number of halogens is 3. The summed E-state index contributed by atoms with van der Waals surface area (Å²) >= 11 is 0. The number of H-pyrrole nitrogens is 1. The molecular formula is C13H12F3NO3. The maximum absolute atomic E-state index is 12.9. The van der Waals surface area contributed by atoms with E-state index in [1.54, 1.807) is 0 Å². The van der Waals surface area contributed by atoms with E-state index in [0.717, 1.165) is 6.92 Å². The van der Waals surface area contributed by atoms with Crippen molar-refractivity contribution in [1.82, 2.24) is 4.98 Å². The second-order valence-corrected chi connectivity index (χ2v) is 4.17. The predicted octanol–water partition coefficient (Wildman–Crippen LogP) is 2.87. The van der Waals surface area contributed by atoms with Crippen LogP contribution in [0.2, 0.25) is 0 Å². The van der Waals surface area contributed by atoms with Crippen molar-refractivity contribution >= 4 is 10.9 Å². The molecule has 0 bridgehead atoms. The highest BCUT2D eigenvalue weighted by molar-refractivity contribution is 5.90. The van der Waals surface area contributed by atoms with Gasteiger partial charge in [0.25, 0.3) is 0 Å². The second kappa shape index (κ2) is 4.73. The molecule has 0 unspecified atom stereocenters. The maximum Gasteiger partial charge on any atom is 0.431 e. The molecule has 0 saturated heterocycles. The molecule has 0 radical (unpaired) electrons. The van der Waals surface area contributed by atoms with Crippen LogP contribution in [0.15, 0.2) is 16.9 Å². The largest absolute Gasteiger partial charge is 0.496 e. The summed E-state index contributed by atoms with van der Waals surface area (Å²) < 4.78 is 48.8. The zero-order valence-electron chi connectivity index (χ0n) is 11.0. The van der Waals surface area contributed by atoms with Crippen LogP contribution >= 0.6 is 0 Å². The van der Waals surface area contributed by atoms with Gasteiger partial charge in [0, 0.05) is 5.56 Å². The second-order valence-electron chi connectivity index (χ2n) is 4.17. The van der Waals surface area contributed by atoms with Gasteiger partial charge >= 0.3 is 6.18 Å². The van der Waals surface area contributed by atoms with Crippen LogP contribution in [0.1, 0.15) is 11.3 Å². The van der Waals surface area contributed by atoms with Crippen molar-refractivity contribution < 1.29 is 22.6 Å². The molecular weight excluding hydrogens is 275 g/mol. The molecule has 0 aliphatic rings. The lowest BCUT2D eigenvalue weighted by molar-refractivity contribution is -0.141. The molecule has 20 heavy (non-hydrogen) atoms. The molecule has 0 saturated carbocycles. The summed E-state index contributed by atoms with van der Waals surface area (Å²) in [5.41, 5.74) is -2.25. The predicted molar refractivity (Wildman–Crippen MR) is 67.4 cm³/mol. The van der Waals surface area contributed by atoms with E-state index in [9.17, 15) is 18.0 Å². The normalized spacial score (nSPS) is 11.7. The molecule has 0 spiro atoms. The van der Waals surface area contributed by atoms with Crippen LogP contribution in [0.5, 0.6) is 11.5 Å². The van der Waals surface area contributed by atoms with E-state index in [2.05, 4.69) is 4.98 Å². The van der Waals surface area contributed by atoms with Crippen molar-refractivity contribution in [2.24, 2.45) is 0 Å². The first-order valence-electron chi connectivity index (χ1n) is 5.66. The molecule has 1 heterocycles. The van der Waals surface area contributed by atoms with E-state index in [0.29, 0.717) is 0 Å². The Labute approximate surface area is 112 Å². The zero-order chi connectivity index (χ0) is 15.1. The SMILES string of the molecule is COc1ccc(OC)c2c(=O)c(C)c(C(F)(F)F)[nH]c12.